The molecule has 0 atom stereocenters. The van der Waals surface area contributed by atoms with Crippen molar-refractivity contribution < 1.29 is 8.42 Å². The van der Waals surface area contributed by atoms with E-state index in [9.17, 15) is 13.2 Å². The molecule has 0 saturated carbocycles. The van der Waals surface area contributed by atoms with Crippen LogP contribution in [0.5, 0.6) is 0 Å². The molecule has 0 radical (unpaired) electrons. The lowest BCUT2D eigenvalue weighted by Gasteiger charge is -2.04. The molecule has 0 aliphatic heterocycles. The Morgan fingerprint density at radius 3 is 2.64 bits per heavy atom. The van der Waals surface area contributed by atoms with Crippen molar-refractivity contribution in [2.75, 3.05) is 6.54 Å². The average molecular weight is 319 g/mol. The second-order valence-corrected chi connectivity index (χ2v) is 6.39. The third-order valence-corrected chi connectivity index (χ3v) is 4.03. The molecule has 0 saturated heterocycles. The van der Waals surface area contributed by atoms with Crippen molar-refractivity contribution in [2.45, 2.75) is 13.5 Å². The number of hydrogen-bond acceptors (Lipinski definition) is 4. The van der Waals surface area contributed by atoms with E-state index in [4.69, 9.17) is 0 Å². The minimum absolute atomic E-state index is 0.0947. The molecule has 1 heterocycles. The standard InChI is InChI=1S/C15H17N3O3S/c1-13-4-6-14(7-5-13)8-12-22(20,21)17-10-11-18-15(19)3-2-9-16-18/h2-9,12,17H,10-11H2,1H3. The second kappa shape index (κ2) is 7.15. The molecule has 0 fully saturated rings. The summed E-state index contributed by atoms with van der Waals surface area (Å²) in [6, 6.07) is 10.4. The molecule has 1 aromatic carbocycles. The maximum Gasteiger partial charge on any atom is 0.266 e. The summed E-state index contributed by atoms with van der Waals surface area (Å²) < 4.78 is 27.3. The molecule has 22 heavy (non-hydrogen) atoms. The quantitative estimate of drug-likeness (QED) is 0.866. The van der Waals surface area contributed by atoms with E-state index in [1.165, 1.54) is 29.1 Å². The van der Waals surface area contributed by atoms with Crippen LogP contribution in [-0.4, -0.2) is 24.7 Å². The lowest BCUT2D eigenvalue weighted by molar-refractivity contribution is 0.552. The molecule has 116 valence electrons. The molecule has 0 bridgehead atoms. The van der Waals surface area contributed by atoms with Crippen molar-refractivity contribution in [1.29, 1.82) is 0 Å². The number of aryl methyl sites for hydroxylation is 1. The molecule has 0 aliphatic carbocycles. The van der Waals surface area contributed by atoms with E-state index in [2.05, 4.69) is 9.82 Å². The molecule has 6 nitrogen and oxygen atoms in total. The van der Waals surface area contributed by atoms with Gasteiger partial charge in [-0.3, -0.25) is 4.79 Å². The first-order valence-electron chi connectivity index (χ1n) is 6.73. The molecule has 0 spiro atoms. The van der Waals surface area contributed by atoms with Gasteiger partial charge in [-0.1, -0.05) is 29.8 Å². The van der Waals surface area contributed by atoms with Gasteiger partial charge in [0.1, 0.15) is 0 Å². The summed E-state index contributed by atoms with van der Waals surface area (Å²) in [4.78, 5) is 11.4. The molecule has 0 amide bonds. The van der Waals surface area contributed by atoms with Crippen LogP contribution in [0.3, 0.4) is 0 Å². The van der Waals surface area contributed by atoms with Gasteiger partial charge in [-0.2, -0.15) is 5.10 Å². The van der Waals surface area contributed by atoms with Gasteiger partial charge in [-0.05, 0) is 24.6 Å². The Balaban J connectivity index is 1.92. The largest absolute Gasteiger partial charge is 0.268 e. The van der Waals surface area contributed by atoms with Gasteiger partial charge in [0.15, 0.2) is 0 Å². The molecular formula is C15H17N3O3S. The zero-order valence-electron chi connectivity index (χ0n) is 12.1. The number of nitrogens with zero attached hydrogens (tertiary/aromatic N) is 2. The van der Waals surface area contributed by atoms with Gasteiger partial charge in [0.2, 0.25) is 10.0 Å². The molecule has 0 unspecified atom stereocenters. The molecule has 1 aromatic heterocycles. The van der Waals surface area contributed by atoms with Crippen LogP contribution in [-0.2, 0) is 16.6 Å². The summed E-state index contributed by atoms with van der Waals surface area (Å²) in [5.74, 6) is 0. The van der Waals surface area contributed by atoms with Gasteiger partial charge in [-0.25, -0.2) is 17.8 Å². The van der Waals surface area contributed by atoms with Crippen molar-refractivity contribution >= 4 is 16.1 Å². The van der Waals surface area contributed by atoms with Gasteiger partial charge >= 0.3 is 0 Å². The van der Waals surface area contributed by atoms with Crippen LogP contribution in [0.25, 0.3) is 6.08 Å². The normalized spacial score (nSPS) is 11.9. The minimum atomic E-state index is -3.55. The number of nitrogens with one attached hydrogen (secondary N) is 1. The first kappa shape index (κ1) is 16.1. The molecule has 7 heteroatoms. The fourth-order valence-electron chi connectivity index (χ4n) is 1.74. The molecular weight excluding hydrogens is 302 g/mol. The number of aromatic nitrogens is 2. The molecule has 0 aliphatic rings. The predicted molar refractivity (Wildman–Crippen MR) is 85.6 cm³/mol. The second-order valence-electron chi connectivity index (χ2n) is 4.74. The third kappa shape index (κ3) is 4.94. The topological polar surface area (TPSA) is 81.1 Å². The van der Waals surface area contributed by atoms with Crippen LogP contribution in [0.2, 0.25) is 0 Å². The number of hydrogen-bond donors (Lipinski definition) is 1. The fraction of sp³-hybridized carbons (Fsp3) is 0.200. The van der Waals surface area contributed by atoms with Crippen LogP contribution >= 0.6 is 0 Å². The van der Waals surface area contributed by atoms with Gasteiger partial charge in [0.25, 0.3) is 5.56 Å². The van der Waals surface area contributed by atoms with Gasteiger partial charge in [0, 0.05) is 24.2 Å². The van der Waals surface area contributed by atoms with Crippen LogP contribution in [0.1, 0.15) is 11.1 Å². The van der Waals surface area contributed by atoms with Gasteiger partial charge < -0.3 is 0 Å². The highest BCUT2D eigenvalue weighted by molar-refractivity contribution is 7.92. The summed E-state index contributed by atoms with van der Waals surface area (Å²) in [6.45, 7) is 2.24. The zero-order chi connectivity index (χ0) is 16.0. The maximum absolute atomic E-state index is 11.8. The van der Waals surface area contributed by atoms with Crippen LogP contribution in [0.4, 0.5) is 0 Å². The van der Waals surface area contributed by atoms with Crippen molar-refractivity contribution in [1.82, 2.24) is 14.5 Å². The number of benzene rings is 1. The smallest absolute Gasteiger partial charge is 0.266 e. The fourth-order valence-corrected chi connectivity index (χ4v) is 2.55. The Kier molecular flexibility index (Phi) is 5.24. The summed E-state index contributed by atoms with van der Waals surface area (Å²) in [6.07, 6.45) is 3.00. The van der Waals surface area contributed by atoms with Crippen molar-refractivity contribution in [3.05, 3.63) is 69.5 Å². The maximum atomic E-state index is 11.8. The van der Waals surface area contributed by atoms with E-state index in [-0.39, 0.29) is 18.6 Å². The van der Waals surface area contributed by atoms with E-state index in [1.54, 1.807) is 0 Å². The van der Waals surface area contributed by atoms with Crippen molar-refractivity contribution in [3.63, 3.8) is 0 Å². The third-order valence-electron chi connectivity index (χ3n) is 2.93. The molecule has 1 N–H and O–H groups in total. The summed E-state index contributed by atoms with van der Waals surface area (Å²) in [5.41, 5.74) is 1.65. The SMILES string of the molecule is Cc1ccc(C=CS(=O)(=O)NCCn2ncccc2=O)cc1. The first-order chi connectivity index (χ1) is 10.5. The lowest BCUT2D eigenvalue weighted by Crippen LogP contribution is -2.30. The zero-order valence-corrected chi connectivity index (χ0v) is 13.0. The Morgan fingerprint density at radius 2 is 1.95 bits per heavy atom. The Bertz CT molecular complexity index is 808. The van der Waals surface area contributed by atoms with Crippen molar-refractivity contribution in [3.8, 4) is 0 Å². The predicted octanol–water partition coefficient (Wildman–Crippen LogP) is 1.14. The Hall–Kier alpha value is -2.25. The van der Waals surface area contributed by atoms with Crippen LogP contribution in [0, 0.1) is 6.92 Å². The number of sulfonamides is 1. The highest BCUT2D eigenvalue weighted by atomic mass is 32.2. The van der Waals surface area contributed by atoms with E-state index in [0.717, 1.165) is 16.5 Å². The van der Waals surface area contributed by atoms with E-state index >= 15 is 0 Å². The molecule has 2 rings (SSSR count). The highest BCUT2D eigenvalue weighted by Crippen LogP contribution is 2.05. The van der Waals surface area contributed by atoms with Crippen LogP contribution < -0.4 is 10.3 Å². The summed E-state index contributed by atoms with van der Waals surface area (Å²) in [7, 11) is -3.55. The monoisotopic (exact) mass is 319 g/mol. The van der Waals surface area contributed by atoms with Gasteiger partial charge in [0.05, 0.1) is 6.54 Å². The van der Waals surface area contributed by atoms with E-state index in [0.29, 0.717) is 0 Å². The minimum Gasteiger partial charge on any atom is -0.268 e. The Labute approximate surface area is 129 Å². The molecule has 2 aromatic rings. The lowest BCUT2D eigenvalue weighted by atomic mass is 10.2. The van der Waals surface area contributed by atoms with Crippen molar-refractivity contribution in [2.24, 2.45) is 0 Å². The van der Waals surface area contributed by atoms with E-state index in [1.807, 2.05) is 31.2 Å². The van der Waals surface area contributed by atoms with E-state index < -0.39 is 10.0 Å². The summed E-state index contributed by atoms with van der Waals surface area (Å²) >= 11 is 0. The van der Waals surface area contributed by atoms with Gasteiger partial charge in [-0.15, -0.1) is 0 Å². The van der Waals surface area contributed by atoms with Crippen LogP contribution in [0.15, 0.2) is 52.8 Å². The highest BCUT2D eigenvalue weighted by Gasteiger charge is 2.05. The summed E-state index contributed by atoms with van der Waals surface area (Å²) in [5, 5.41) is 4.96. The Morgan fingerprint density at radius 1 is 1.23 bits per heavy atom. The first-order valence-corrected chi connectivity index (χ1v) is 8.27. The average Bonchev–Trinajstić information content (AvgIpc) is 2.49. The number of rotatable bonds is 6.